The van der Waals surface area contributed by atoms with Crippen LogP contribution in [-0.4, -0.2) is 26.6 Å². The second-order valence-electron chi connectivity index (χ2n) is 9.48. The van der Waals surface area contributed by atoms with Crippen LogP contribution in [0.25, 0.3) is 11.8 Å². The third-order valence-corrected chi connectivity index (χ3v) is 7.94. The number of benzene rings is 2. The number of hydrogen-bond acceptors (Lipinski definition) is 3. The lowest BCUT2D eigenvalue weighted by Gasteiger charge is -2.46. The Bertz CT molecular complexity index is 1220. The van der Waals surface area contributed by atoms with Crippen molar-refractivity contribution in [1.29, 1.82) is 0 Å². The molecule has 1 aromatic heterocycles. The molecule has 1 heterocycles. The lowest BCUT2D eigenvalue weighted by Crippen LogP contribution is -2.43. The van der Waals surface area contributed by atoms with Crippen LogP contribution in [0, 0.1) is 22.5 Å². The molecule has 2 N–H and O–H groups in total. The fraction of sp³-hybridized carbons (Fsp3) is 0.346. The molecule has 1 saturated carbocycles. The zero-order valence-corrected chi connectivity index (χ0v) is 19.0. The highest BCUT2D eigenvalue weighted by Crippen LogP contribution is 2.62. The highest BCUT2D eigenvalue weighted by atomic mass is 35.5. The van der Waals surface area contributed by atoms with Gasteiger partial charge in [0.15, 0.2) is 0 Å². The van der Waals surface area contributed by atoms with Gasteiger partial charge >= 0.3 is 0 Å². The Morgan fingerprint density at radius 3 is 2.61 bits per heavy atom. The molecule has 4 nitrogen and oxygen atoms in total. The third kappa shape index (κ3) is 3.61. The van der Waals surface area contributed by atoms with Crippen LogP contribution in [0.5, 0.6) is 0 Å². The van der Waals surface area contributed by atoms with Crippen LogP contribution in [0.15, 0.2) is 54.2 Å². The summed E-state index contributed by atoms with van der Waals surface area (Å²) < 4.78 is 29.1. The van der Waals surface area contributed by atoms with E-state index in [1.165, 1.54) is 29.8 Å². The molecular weight excluding hydrogens is 446 g/mol. The lowest BCUT2D eigenvalue weighted by molar-refractivity contribution is -0.0139. The maximum Gasteiger partial charge on any atom is 0.125 e. The number of aromatic nitrogens is 2. The molecule has 172 valence electrons. The van der Waals surface area contributed by atoms with Gasteiger partial charge in [-0.3, -0.25) is 0 Å². The summed E-state index contributed by atoms with van der Waals surface area (Å²) in [5.41, 5.74) is 3.42. The largest absolute Gasteiger partial charge is 0.396 e. The van der Waals surface area contributed by atoms with Gasteiger partial charge in [0.25, 0.3) is 0 Å². The van der Waals surface area contributed by atoms with Gasteiger partial charge in [-0.05, 0) is 85.4 Å². The summed E-state index contributed by atoms with van der Waals surface area (Å²) in [5, 5.41) is 26.4. The zero-order valence-electron chi connectivity index (χ0n) is 18.2. The van der Waals surface area contributed by atoms with E-state index in [4.69, 9.17) is 11.6 Å². The number of halogens is 3. The molecule has 1 unspecified atom stereocenters. The SMILES string of the molecule is C[C@]12Cc3cnn(-c4ccc(F)cc4)c3C=C1CC[C@@]2(CO)CC(O)c1cc(F)cc(Cl)c1. The first-order valence-corrected chi connectivity index (χ1v) is 11.4. The lowest BCUT2D eigenvalue weighted by atomic mass is 9.59. The molecule has 0 saturated heterocycles. The Morgan fingerprint density at radius 2 is 1.91 bits per heavy atom. The number of aliphatic hydroxyl groups excluding tert-OH is 2. The van der Waals surface area contributed by atoms with Crippen molar-refractivity contribution in [3.05, 3.63) is 87.7 Å². The number of hydrogen-bond donors (Lipinski definition) is 2. The molecule has 0 spiro atoms. The molecule has 3 aromatic rings. The van der Waals surface area contributed by atoms with Crippen molar-refractivity contribution >= 4 is 17.7 Å². The average Bonchev–Trinajstić information content (AvgIpc) is 3.30. The van der Waals surface area contributed by atoms with E-state index in [-0.39, 0.29) is 22.9 Å². The predicted molar refractivity (Wildman–Crippen MR) is 123 cm³/mol. The van der Waals surface area contributed by atoms with Gasteiger partial charge in [-0.1, -0.05) is 24.1 Å². The zero-order chi connectivity index (χ0) is 23.4. The second kappa shape index (κ2) is 8.05. The van der Waals surface area contributed by atoms with Gasteiger partial charge in [-0.2, -0.15) is 5.10 Å². The van der Waals surface area contributed by atoms with Gasteiger partial charge in [-0.25, -0.2) is 13.5 Å². The topological polar surface area (TPSA) is 58.3 Å². The average molecular weight is 471 g/mol. The standard InChI is InChI=1S/C26H25ClF2N2O2/c1-25-12-17-14-30-31(22-4-2-20(28)3-5-22)23(17)10-18(25)6-7-26(25,15-32)13-24(33)16-8-19(27)11-21(29)9-16/h2-5,8-11,14,24,32-33H,6-7,12-13,15H2,1H3/t24?,25-,26-/m0/s1. The molecule has 0 radical (unpaired) electrons. The van der Waals surface area contributed by atoms with Gasteiger partial charge in [0.2, 0.25) is 0 Å². The molecule has 0 bridgehead atoms. The first-order chi connectivity index (χ1) is 15.7. The number of aliphatic hydroxyl groups is 2. The van der Waals surface area contributed by atoms with Crippen molar-refractivity contribution in [2.24, 2.45) is 10.8 Å². The molecule has 0 aliphatic heterocycles. The van der Waals surface area contributed by atoms with Crippen LogP contribution in [0.1, 0.15) is 49.1 Å². The van der Waals surface area contributed by atoms with Gasteiger partial charge in [-0.15, -0.1) is 0 Å². The van der Waals surface area contributed by atoms with Crippen LogP contribution in [0.2, 0.25) is 5.02 Å². The number of fused-ring (bicyclic) bond motifs is 2. The van der Waals surface area contributed by atoms with Crippen LogP contribution in [0.3, 0.4) is 0 Å². The molecule has 2 aromatic carbocycles. The van der Waals surface area contributed by atoms with E-state index in [9.17, 15) is 19.0 Å². The Hall–Kier alpha value is -2.54. The maximum atomic E-state index is 13.9. The van der Waals surface area contributed by atoms with Crippen molar-refractivity contribution in [3.8, 4) is 5.69 Å². The van der Waals surface area contributed by atoms with Gasteiger partial charge in [0, 0.05) is 22.5 Å². The Balaban J connectivity index is 1.49. The van der Waals surface area contributed by atoms with Crippen molar-refractivity contribution in [3.63, 3.8) is 0 Å². The van der Waals surface area contributed by atoms with Crippen LogP contribution in [-0.2, 0) is 6.42 Å². The van der Waals surface area contributed by atoms with Crippen molar-refractivity contribution in [1.82, 2.24) is 9.78 Å². The van der Waals surface area contributed by atoms with E-state index < -0.39 is 17.3 Å². The van der Waals surface area contributed by atoms with E-state index in [0.717, 1.165) is 23.4 Å². The van der Waals surface area contributed by atoms with Gasteiger partial charge in [0.1, 0.15) is 11.6 Å². The summed E-state index contributed by atoms with van der Waals surface area (Å²) >= 11 is 6.00. The summed E-state index contributed by atoms with van der Waals surface area (Å²) in [6.07, 6.45) is 5.43. The quantitative estimate of drug-likeness (QED) is 0.507. The van der Waals surface area contributed by atoms with E-state index in [1.807, 2.05) is 10.9 Å². The summed E-state index contributed by atoms with van der Waals surface area (Å²) in [6.45, 7) is 2.04. The fourth-order valence-electron chi connectivity index (χ4n) is 5.72. The van der Waals surface area contributed by atoms with Crippen LogP contribution < -0.4 is 0 Å². The Morgan fingerprint density at radius 1 is 1.15 bits per heavy atom. The Kier molecular flexibility index (Phi) is 5.43. The van der Waals surface area contributed by atoms with Crippen molar-refractivity contribution in [2.75, 3.05) is 6.61 Å². The number of rotatable bonds is 5. The minimum absolute atomic E-state index is 0.0949. The number of allylic oxidation sites excluding steroid dienone is 1. The monoisotopic (exact) mass is 470 g/mol. The fourth-order valence-corrected chi connectivity index (χ4v) is 5.95. The second-order valence-corrected chi connectivity index (χ2v) is 9.92. The molecule has 2 aliphatic rings. The smallest absolute Gasteiger partial charge is 0.125 e. The first kappa shape index (κ1) is 22.3. The van der Waals surface area contributed by atoms with Crippen LogP contribution >= 0.6 is 11.6 Å². The molecule has 33 heavy (non-hydrogen) atoms. The third-order valence-electron chi connectivity index (χ3n) is 7.72. The molecule has 1 fully saturated rings. The van der Waals surface area contributed by atoms with Gasteiger partial charge in [0.05, 0.1) is 23.7 Å². The van der Waals surface area contributed by atoms with E-state index in [1.54, 1.807) is 18.2 Å². The van der Waals surface area contributed by atoms with E-state index in [0.29, 0.717) is 24.8 Å². The highest BCUT2D eigenvalue weighted by Gasteiger charge is 2.56. The molecular formula is C26H25ClF2N2O2. The molecule has 2 aliphatic carbocycles. The maximum absolute atomic E-state index is 13.9. The van der Waals surface area contributed by atoms with E-state index >= 15 is 0 Å². The van der Waals surface area contributed by atoms with E-state index in [2.05, 4.69) is 18.1 Å². The first-order valence-electron chi connectivity index (χ1n) is 11.0. The molecule has 3 atom stereocenters. The minimum Gasteiger partial charge on any atom is -0.396 e. The minimum atomic E-state index is -0.954. The summed E-state index contributed by atoms with van der Waals surface area (Å²) in [7, 11) is 0. The van der Waals surface area contributed by atoms with Crippen molar-refractivity contribution in [2.45, 2.75) is 38.7 Å². The van der Waals surface area contributed by atoms with Gasteiger partial charge < -0.3 is 10.2 Å². The normalized spacial score (nSPS) is 24.8. The predicted octanol–water partition coefficient (Wildman–Crippen LogP) is 5.65. The molecule has 7 heteroatoms. The summed E-state index contributed by atoms with van der Waals surface area (Å²) in [6, 6.07) is 10.3. The summed E-state index contributed by atoms with van der Waals surface area (Å²) in [5.74, 6) is -0.796. The summed E-state index contributed by atoms with van der Waals surface area (Å²) in [4.78, 5) is 0. The molecule has 0 amide bonds. The number of nitrogens with zero attached hydrogens (tertiary/aromatic N) is 2. The van der Waals surface area contributed by atoms with Crippen molar-refractivity contribution < 1.29 is 19.0 Å². The van der Waals surface area contributed by atoms with Crippen LogP contribution in [0.4, 0.5) is 8.78 Å². The molecule has 5 rings (SSSR count). The highest BCUT2D eigenvalue weighted by molar-refractivity contribution is 6.30. The Labute approximate surface area is 196 Å².